The fraction of sp³-hybridized carbons (Fsp3) is 0.619. The number of nitrogens with zero attached hydrogens (tertiary/aromatic N) is 1. The van der Waals surface area contributed by atoms with Gasteiger partial charge in [-0.15, -0.1) is 12.4 Å². The van der Waals surface area contributed by atoms with Crippen molar-refractivity contribution in [1.82, 2.24) is 15.5 Å². The highest BCUT2D eigenvalue weighted by molar-refractivity contribution is 5.90. The van der Waals surface area contributed by atoms with E-state index in [-0.39, 0.29) is 42.1 Å². The fourth-order valence-corrected chi connectivity index (χ4v) is 4.40. The summed E-state index contributed by atoms with van der Waals surface area (Å²) in [5.41, 5.74) is 0.905. The second kappa shape index (κ2) is 10.3. The van der Waals surface area contributed by atoms with Crippen LogP contribution in [-0.4, -0.2) is 64.2 Å². The van der Waals surface area contributed by atoms with Crippen molar-refractivity contribution in [2.75, 3.05) is 47.5 Å². The van der Waals surface area contributed by atoms with Crippen molar-refractivity contribution >= 4 is 24.2 Å². The number of piperidine rings is 1. The maximum absolute atomic E-state index is 13.1. The van der Waals surface area contributed by atoms with Crippen LogP contribution in [0.5, 0.6) is 5.75 Å². The third kappa shape index (κ3) is 5.21. The highest BCUT2D eigenvalue weighted by Gasteiger charge is 2.43. The third-order valence-electron chi connectivity index (χ3n) is 6.13. The van der Waals surface area contributed by atoms with E-state index in [0.29, 0.717) is 13.2 Å². The van der Waals surface area contributed by atoms with Crippen LogP contribution in [0.25, 0.3) is 0 Å². The number of carbonyl (C=O) groups is 2. The van der Waals surface area contributed by atoms with Crippen molar-refractivity contribution in [2.45, 2.75) is 25.3 Å². The molecule has 2 amide bonds. The Balaban J connectivity index is 0.00000300. The number of halogens is 1. The van der Waals surface area contributed by atoms with Gasteiger partial charge in [-0.1, -0.05) is 12.1 Å². The molecule has 1 aromatic rings. The summed E-state index contributed by atoms with van der Waals surface area (Å²) < 4.78 is 10.7. The molecule has 0 aliphatic carbocycles. The highest BCUT2D eigenvalue weighted by Crippen LogP contribution is 2.38. The Labute approximate surface area is 178 Å². The molecule has 2 fully saturated rings. The second-order valence-electron chi connectivity index (χ2n) is 7.93. The number of rotatable bonds is 7. The minimum absolute atomic E-state index is 0. The van der Waals surface area contributed by atoms with Gasteiger partial charge in [-0.2, -0.15) is 0 Å². The summed E-state index contributed by atoms with van der Waals surface area (Å²) in [6.45, 7) is 3.06. The molecule has 2 N–H and O–H groups in total. The summed E-state index contributed by atoms with van der Waals surface area (Å²) in [5.74, 6) is 0.290. The molecule has 2 unspecified atom stereocenters. The maximum Gasteiger partial charge on any atom is 0.226 e. The van der Waals surface area contributed by atoms with E-state index < -0.39 is 5.92 Å². The first kappa shape index (κ1) is 23.4. The van der Waals surface area contributed by atoms with Crippen LogP contribution in [0, 0.1) is 11.3 Å². The predicted molar refractivity (Wildman–Crippen MR) is 113 cm³/mol. The first-order chi connectivity index (χ1) is 13.5. The van der Waals surface area contributed by atoms with Crippen LogP contribution in [0.3, 0.4) is 0 Å². The van der Waals surface area contributed by atoms with E-state index in [9.17, 15) is 9.59 Å². The van der Waals surface area contributed by atoms with Crippen molar-refractivity contribution in [3.05, 3.63) is 29.8 Å². The second-order valence-corrected chi connectivity index (χ2v) is 7.93. The van der Waals surface area contributed by atoms with Gasteiger partial charge in [-0.05, 0) is 43.6 Å². The number of amides is 2. The zero-order valence-corrected chi connectivity index (χ0v) is 18.2. The number of hydrogen-bond donors (Lipinski definition) is 2. The average molecular weight is 426 g/mol. The molecule has 2 saturated heterocycles. The standard InChI is InChI=1S/C21H31N3O4.ClH/c1-24-18(25)12-17(19(24)15-4-6-16(28-3)7-5-15)20(26)23-13-21(14-27-2)8-10-22-11-9-21;/h4-7,17,19,22H,8-14H2,1-3H3,(H,23,26);1H. The molecule has 1 aromatic carbocycles. The predicted octanol–water partition coefficient (Wildman–Crippen LogP) is 1.77. The van der Waals surface area contributed by atoms with Gasteiger partial charge in [0.2, 0.25) is 11.8 Å². The summed E-state index contributed by atoms with van der Waals surface area (Å²) in [7, 11) is 5.09. The number of carbonyl (C=O) groups excluding carboxylic acids is 2. The monoisotopic (exact) mass is 425 g/mol. The quantitative estimate of drug-likeness (QED) is 0.696. The van der Waals surface area contributed by atoms with E-state index in [1.807, 2.05) is 24.3 Å². The van der Waals surface area contributed by atoms with Crippen LogP contribution in [0.15, 0.2) is 24.3 Å². The van der Waals surface area contributed by atoms with E-state index in [0.717, 1.165) is 37.2 Å². The molecular weight excluding hydrogens is 394 g/mol. The lowest BCUT2D eigenvalue weighted by Crippen LogP contribution is -2.48. The Morgan fingerprint density at radius 1 is 1.24 bits per heavy atom. The lowest BCUT2D eigenvalue weighted by atomic mass is 9.79. The van der Waals surface area contributed by atoms with Crippen LogP contribution in [0.2, 0.25) is 0 Å². The maximum atomic E-state index is 13.1. The molecule has 8 heteroatoms. The molecule has 0 radical (unpaired) electrons. The zero-order chi connectivity index (χ0) is 20.1. The largest absolute Gasteiger partial charge is 0.497 e. The number of likely N-dealkylation sites (tertiary alicyclic amines) is 1. The molecule has 3 rings (SSSR count). The molecular formula is C21H32ClN3O4. The topological polar surface area (TPSA) is 79.9 Å². The van der Waals surface area contributed by atoms with E-state index in [4.69, 9.17) is 9.47 Å². The Bertz CT molecular complexity index is 686. The molecule has 2 atom stereocenters. The molecule has 2 aliphatic rings. The normalized spacial score (nSPS) is 23.4. The Morgan fingerprint density at radius 2 is 1.90 bits per heavy atom. The summed E-state index contributed by atoms with van der Waals surface area (Å²) >= 11 is 0. The summed E-state index contributed by atoms with van der Waals surface area (Å²) in [6, 6.07) is 7.33. The van der Waals surface area contributed by atoms with Crippen LogP contribution >= 0.6 is 12.4 Å². The van der Waals surface area contributed by atoms with Gasteiger partial charge < -0.3 is 25.0 Å². The average Bonchev–Trinajstić information content (AvgIpc) is 3.02. The third-order valence-corrected chi connectivity index (χ3v) is 6.13. The molecule has 29 heavy (non-hydrogen) atoms. The first-order valence-electron chi connectivity index (χ1n) is 9.87. The van der Waals surface area contributed by atoms with Gasteiger partial charge in [-0.25, -0.2) is 0 Å². The van der Waals surface area contributed by atoms with Gasteiger partial charge in [0.05, 0.1) is 25.7 Å². The van der Waals surface area contributed by atoms with Gasteiger partial charge in [0.25, 0.3) is 0 Å². The minimum Gasteiger partial charge on any atom is -0.497 e. The lowest BCUT2D eigenvalue weighted by Gasteiger charge is -2.37. The van der Waals surface area contributed by atoms with Gasteiger partial charge in [0, 0.05) is 32.5 Å². The van der Waals surface area contributed by atoms with E-state index in [2.05, 4.69) is 10.6 Å². The smallest absolute Gasteiger partial charge is 0.226 e. The number of nitrogens with one attached hydrogen (secondary N) is 2. The molecule has 2 aliphatic heterocycles. The molecule has 0 aromatic heterocycles. The first-order valence-corrected chi connectivity index (χ1v) is 9.87. The summed E-state index contributed by atoms with van der Waals surface area (Å²) in [6.07, 6.45) is 2.16. The lowest BCUT2D eigenvalue weighted by molar-refractivity contribution is -0.128. The number of hydrogen-bond acceptors (Lipinski definition) is 5. The van der Waals surface area contributed by atoms with Crippen LogP contribution in [0.4, 0.5) is 0 Å². The van der Waals surface area contributed by atoms with Crippen molar-refractivity contribution in [2.24, 2.45) is 11.3 Å². The van der Waals surface area contributed by atoms with Gasteiger partial charge >= 0.3 is 0 Å². The Morgan fingerprint density at radius 3 is 2.48 bits per heavy atom. The van der Waals surface area contributed by atoms with Crippen LogP contribution < -0.4 is 15.4 Å². The van der Waals surface area contributed by atoms with Gasteiger partial charge in [-0.3, -0.25) is 9.59 Å². The minimum atomic E-state index is -0.396. The van der Waals surface area contributed by atoms with E-state index in [1.165, 1.54) is 0 Å². The SMILES string of the molecule is COCC1(CNC(=O)C2CC(=O)N(C)C2c2ccc(OC)cc2)CCNCC1.Cl. The van der Waals surface area contributed by atoms with Gasteiger partial charge in [0.1, 0.15) is 5.75 Å². The van der Waals surface area contributed by atoms with E-state index >= 15 is 0 Å². The number of ether oxygens (including phenoxy) is 2. The van der Waals surface area contributed by atoms with Crippen molar-refractivity contribution in [1.29, 1.82) is 0 Å². The number of benzene rings is 1. The van der Waals surface area contributed by atoms with Gasteiger partial charge in [0.15, 0.2) is 0 Å². The highest BCUT2D eigenvalue weighted by atomic mass is 35.5. The molecule has 0 bridgehead atoms. The van der Waals surface area contributed by atoms with Crippen LogP contribution in [0.1, 0.15) is 30.9 Å². The molecule has 0 spiro atoms. The molecule has 7 nitrogen and oxygen atoms in total. The van der Waals surface area contributed by atoms with Crippen molar-refractivity contribution in [3.8, 4) is 5.75 Å². The zero-order valence-electron chi connectivity index (χ0n) is 17.4. The molecule has 0 saturated carbocycles. The molecule has 2 heterocycles. The summed E-state index contributed by atoms with van der Waals surface area (Å²) in [4.78, 5) is 27.1. The van der Waals surface area contributed by atoms with Crippen molar-refractivity contribution < 1.29 is 19.1 Å². The Hall–Kier alpha value is -1.83. The van der Waals surface area contributed by atoms with Crippen molar-refractivity contribution in [3.63, 3.8) is 0 Å². The number of methoxy groups -OCH3 is 2. The van der Waals surface area contributed by atoms with Crippen LogP contribution in [-0.2, 0) is 14.3 Å². The molecule has 162 valence electrons. The Kier molecular flexibility index (Phi) is 8.31. The fourth-order valence-electron chi connectivity index (χ4n) is 4.40. The summed E-state index contributed by atoms with van der Waals surface area (Å²) in [5, 5.41) is 6.49. The van der Waals surface area contributed by atoms with E-state index in [1.54, 1.807) is 26.2 Å².